The maximum atomic E-state index is 5.60. The van der Waals surface area contributed by atoms with E-state index in [1.807, 2.05) is 24.3 Å². The van der Waals surface area contributed by atoms with Crippen molar-refractivity contribution in [3.05, 3.63) is 27.8 Å². The third-order valence-corrected chi connectivity index (χ3v) is 2.76. The Morgan fingerprint density at radius 3 is 2.71 bits per heavy atom. The summed E-state index contributed by atoms with van der Waals surface area (Å²) in [5.74, 6) is 0.896. The monoisotopic (exact) mass is 345 g/mol. The molecule has 0 aliphatic rings. The van der Waals surface area contributed by atoms with Gasteiger partial charge in [0.25, 0.3) is 0 Å². The van der Waals surface area contributed by atoms with Gasteiger partial charge in [-0.05, 0) is 46.9 Å². The highest BCUT2D eigenvalue weighted by Gasteiger charge is 1.97. The van der Waals surface area contributed by atoms with Gasteiger partial charge in [-0.1, -0.05) is 0 Å². The first-order valence-electron chi connectivity index (χ1n) is 5.30. The Labute approximate surface area is 116 Å². The van der Waals surface area contributed by atoms with Crippen molar-refractivity contribution in [1.29, 1.82) is 0 Å². The van der Waals surface area contributed by atoms with E-state index in [2.05, 4.69) is 39.4 Å². The zero-order valence-corrected chi connectivity index (χ0v) is 12.0. The molecule has 0 saturated carbocycles. The number of halogens is 1. The zero-order chi connectivity index (χ0) is 12.5. The summed E-state index contributed by atoms with van der Waals surface area (Å²) in [5.41, 5.74) is 0. The van der Waals surface area contributed by atoms with Crippen molar-refractivity contribution in [3.8, 4) is 5.75 Å². The molecule has 0 radical (unpaired) electrons. The van der Waals surface area contributed by atoms with Crippen molar-refractivity contribution < 1.29 is 4.74 Å². The van der Waals surface area contributed by atoms with Gasteiger partial charge >= 0.3 is 0 Å². The predicted octanol–water partition coefficient (Wildman–Crippen LogP) is 2.64. The van der Waals surface area contributed by atoms with Crippen molar-refractivity contribution in [2.24, 2.45) is 10.1 Å². The Kier molecular flexibility index (Phi) is 6.61. The fourth-order valence-electron chi connectivity index (χ4n) is 1.25. The fourth-order valence-corrected chi connectivity index (χ4v) is 1.61. The molecular weight excluding hydrogens is 329 g/mol. The molecule has 0 bridgehead atoms. The van der Waals surface area contributed by atoms with Gasteiger partial charge in [0.05, 0.1) is 6.61 Å². The lowest BCUT2D eigenvalue weighted by molar-refractivity contribution is 0.290. The molecule has 0 heterocycles. The molecule has 0 spiro atoms. The zero-order valence-electron chi connectivity index (χ0n) is 9.84. The van der Waals surface area contributed by atoms with Crippen LogP contribution in [-0.4, -0.2) is 38.3 Å². The highest BCUT2D eigenvalue weighted by atomic mass is 127. The molecule has 0 unspecified atom stereocenters. The van der Waals surface area contributed by atoms with Gasteiger partial charge in [-0.3, -0.25) is 10.0 Å². The number of nitrogens with zero attached hydrogens (tertiary/aromatic N) is 3. The Bertz CT molecular complexity index is 365. The first kappa shape index (κ1) is 14.0. The minimum Gasteiger partial charge on any atom is -0.494 e. The van der Waals surface area contributed by atoms with Crippen LogP contribution in [0.1, 0.15) is 6.42 Å². The Balaban J connectivity index is 2.23. The van der Waals surface area contributed by atoms with Gasteiger partial charge in [-0.2, -0.15) is 5.10 Å². The van der Waals surface area contributed by atoms with Crippen molar-refractivity contribution in [2.75, 3.05) is 20.2 Å². The molecule has 1 aromatic carbocycles. The number of aliphatic imine (C=N–C) groups is 1. The summed E-state index contributed by atoms with van der Waals surface area (Å²) < 4.78 is 6.80. The molecule has 4 nitrogen and oxygen atoms in total. The predicted molar refractivity (Wildman–Crippen MR) is 79.9 cm³/mol. The first-order valence-corrected chi connectivity index (χ1v) is 6.38. The van der Waals surface area contributed by atoms with Gasteiger partial charge in [0, 0.05) is 30.3 Å². The number of hydrogen-bond acceptors (Lipinski definition) is 3. The highest BCUT2D eigenvalue weighted by Crippen LogP contribution is 2.13. The molecule has 1 aromatic rings. The maximum absolute atomic E-state index is 5.60. The lowest BCUT2D eigenvalue weighted by atomic mass is 10.3. The molecule has 0 amide bonds. The second kappa shape index (κ2) is 8.05. The summed E-state index contributed by atoms with van der Waals surface area (Å²) in [4.78, 5) is 3.88. The molecule has 0 aliphatic carbocycles. The van der Waals surface area contributed by atoms with Crippen LogP contribution >= 0.6 is 22.6 Å². The smallest absolute Gasteiger partial charge is 0.119 e. The molecule has 92 valence electrons. The minimum absolute atomic E-state index is 0.657. The SMILES string of the molecule is C=NN(/C=N\C)CCCOc1ccc(I)cc1. The number of hydrogen-bond donors (Lipinski definition) is 0. The second-order valence-corrected chi connectivity index (χ2v) is 4.58. The van der Waals surface area contributed by atoms with Gasteiger partial charge in [0.2, 0.25) is 0 Å². The Hall–Kier alpha value is -1.11. The fraction of sp³-hybridized carbons (Fsp3) is 0.333. The molecule has 0 aliphatic heterocycles. The van der Waals surface area contributed by atoms with Crippen LogP contribution in [0.3, 0.4) is 0 Å². The van der Waals surface area contributed by atoms with Gasteiger partial charge in [0.1, 0.15) is 12.1 Å². The summed E-state index contributed by atoms with van der Waals surface area (Å²) >= 11 is 2.27. The minimum atomic E-state index is 0.657. The molecule has 5 heteroatoms. The van der Waals surface area contributed by atoms with Crippen LogP contribution < -0.4 is 4.74 Å². The van der Waals surface area contributed by atoms with Crippen molar-refractivity contribution in [3.63, 3.8) is 0 Å². The normalized spacial score (nSPS) is 10.5. The topological polar surface area (TPSA) is 37.2 Å². The Morgan fingerprint density at radius 2 is 2.12 bits per heavy atom. The van der Waals surface area contributed by atoms with E-state index in [0.29, 0.717) is 6.61 Å². The highest BCUT2D eigenvalue weighted by molar-refractivity contribution is 14.1. The van der Waals surface area contributed by atoms with Crippen LogP contribution in [-0.2, 0) is 0 Å². The number of hydrazone groups is 1. The van der Waals surface area contributed by atoms with Gasteiger partial charge in [-0.25, -0.2) is 0 Å². The molecule has 0 fully saturated rings. The van der Waals surface area contributed by atoms with Crippen molar-refractivity contribution in [2.45, 2.75) is 6.42 Å². The molecule has 1 rings (SSSR count). The van der Waals surface area contributed by atoms with E-state index in [4.69, 9.17) is 4.74 Å². The van der Waals surface area contributed by atoms with Crippen LogP contribution in [0.5, 0.6) is 5.75 Å². The summed E-state index contributed by atoms with van der Waals surface area (Å²) in [6.07, 6.45) is 2.52. The summed E-state index contributed by atoms with van der Waals surface area (Å²) in [6.45, 7) is 4.88. The maximum Gasteiger partial charge on any atom is 0.119 e. The molecule has 0 N–H and O–H groups in total. The van der Waals surface area contributed by atoms with Crippen LogP contribution in [0.4, 0.5) is 0 Å². The molecule has 0 atom stereocenters. The van der Waals surface area contributed by atoms with E-state index in [-0.39, 0.29) is 0 Å². The van der Waals surface area contributed by atoms with E-state index < -0.39 is 0 Å². The molecular formula is C12H16IN3O. The van der Waals surface area contributed by atoms with E-state index in [9.17, 15) is 0 Å². The van der Waals surface area contributed by atoms with Crippen LogP contribution in [0.2, 0.25) is 0 Å². The molecule has 0 aromatic heterocycles. The number of ether oxygens (including phenoxy) is 1. The Morgan fingerprint density at radius 1 is 1.41 bits per heavy atom. The third-order valence-electron chi connectivity index (χ3n) is 2.04. The number of benzene rings is 1. The van der Waals surface area contributed by atoms with Crippen LogP contribution in [0, 0.1) is 3.57 Å². The van der Waals surface area contributed by atoms with Crippen molar-refractivity contribution >= 4 is 35.6 Å². The largest absolute Gasteiger partial charge is 0.494 e. The third kappa shape index (κ3) is 5.67. The van der Waals surface area contributed by atoms with E-state index in [1.165, 1.54) is 3.57 Å². The molecule has 17 heavy (non-hydrogen) atoms. The average Bonchev–Trinajstić information content (AvgIpc) is 2.35. The first-order chi connectivity index (χ1) is 8.26. The van der Waals surface area contributed by atoms with Gasteiger partial charge in [-0.15, -0.1) is 0 Å². The lowest BCUT2D eigenvalue weighted by Gasteiger charge is -2.12. The summed E-state index contributed by atoms with van der Waals surface area (Å²) in [7, 11) is 1.71. The van der Waals surface area contributed by atoms with Crippen LogP contribution in [0.15, 0.2) is 34.4 Å². The summed E-state index contributed by atoms with van der Waals surface area (Å²) in [5, 5.41) is 5.50. The summed E-state index contributed by atoms with van der Waals surface area (Å²) in [6, 6.07) is 7.99. The average molecular weight is 345 g/mol. The number of rotatable bonds is 7. The van der Waals surface area contributed by atoms with Gasteiger partial charge < -0.3 is 4.74 Å². The second-order valence-electron chi connectivity index (χ2n) is 3.33. The van der Waals surface area contributed by atoms with Crippen molar-refractivity contribution in [1.82, 2.24) is 5.01 Å². The standard InChI is InChI=1S/C12H16IN3O/c1-14-10-16(15-2)8-3-9-17-12-6-4-11(13)5-7-12/h4-7,10H,2-3,8-9H2,1H3/b14-10-. The quantitative estimate of drug-likeness (QED) is 0.251. The molecule has 0 saturated heterocycles. The van der Waals surface area contributed by atoms with E-state index >= 15 is 0 Å². The van der Waals surface area contributed by atoms with Gasteiger partial charge in [0.15, 0.2) is 0 Å². The lowest BCUT2D eigenvalue weighted by Crippen LogP contribution is -2.18. The van der Waals surface area contributed by atoms with E-state index in [0.717, 1.165) is 18.7 Å². The van der Waals surface area contributed by atoms with Crippen LogP contribution in [0.25, 0.3) is 0 Å². The van der Waals surface area contributed by atoms with E-state index in [1.54, 1.807) is 18.4 Å².